The fraction of sp³-hybridized carbons (Fsp3) is 0.0769. The minimum Gasteiger partial charge on any atom is -0.744 e. The standard InChI is InChI=1S/C26H21O7S2.2Na.O3S/c1-18-3-5-19(6-4-18)20-7-9-21(10-8-20)33-22-11-13-23(14-12-22)34(27,28)24-15-16-25(32-2)26(17-24)35(29,30)31;;;1-4(2)3/h3-11,13-17H,1-2H3,(H,29,30,31);;;/q-1;2*+1;/p-1. The molecule has 0 radical (unpaired) electrons. The van der Waals surface area contributed by atoms with Crippen LogP contribution in [0, 0.1) is 13.0 Å². The Bertz CT molecular complexity index is 1780. The predicted molar refractivity (Wildman–Crippen MR) is 138 cm³/mol. The molecule has 15 heteroatoms. The third-order valence-corrected chi connectivity index (χ3v) is 7.85. The van der Waals surface area contributed by atoms with E-state index in [1.165, 1.54) is 36.9 Å². The van der Waals surface area contributed by atoms with Gasteiger partial charge in [-0.05, 0) is 53.3 Å². The summed E-state index contributed by atoms with van der Waals surface area (Å²) in [6.07, 6.45) is 0. The van der Waals surface area contributed by atoms with E-state index in [1.54, 1.807) is 12.1 Å². The number of benzene rings is 4. The van der Waals surface area contributed by atoms with Crippen LogP contribution in [0.1, 0.15) is 5.56 Å². The molecule has 0 aliphatic rings. The molecule has 0 saturated heterocycles. The molecule has 10 nitrogen and oxygen atoms in total. The zero-order chi connectivity index (χ0) is 28.8. The number of methoxy groups -OCH3 is 1. The van der Waals surface area contributed by atoms with Gasteiger partial charge in [-0.1, -0.05) is 42.0 Å². The van der Waals surface area contributed by atoms with Gasteiger partial charge in [0.1, 0.15) is 21.6 Å². The summed E-state index contributed by atoms with van der Waals surface area (Å²) in [6, 6.07) is 25.4. The zero-order valence-corrected chi connectivity index (χ0v) is 28.8. The van der Waals surface area contributed by atoms with Gasteiger partial charge < -0.3 is 14.0 Å². The number of hydrogen-bond donors (Lipinski definition) is 0. The summed E-state index contributed by atoms with van der Waals surface area (Å²) in [5.41, 5.74) is 3.29. The average molecular weight is 635 g/mol. The second kappa shape index (κ2) is 16.0. The Morgan fingerprint density at radius 3 is 1.73 bits per heavy atom. The van der Waals surface area contributed by atoms with Crippen molar-refractivity contribution in [3.05, 3.63) is 96.6 Å². The van der Waals surface area contributed by atoms with Crippen molar-refractivity contribution in [2.75, 3.05) is 7.11 Å². The van der Waals surface area contributed by atoms with Crippen LogP contribution in [0.25, 0.3) is 11.1 Å². The van der Waals surface area contributed by atoms with Crippen molar-refractivity contribution < 1.29 is 103 Å². The molecule has 0 N–H and O–H groups in total. The Balaban J connectivity index is 0.00000131. The van der Waals surface area contributed by atoms with Crippen LogP contribution in [0.5, 0.6) is 17.2 Å². The molecule has 4 aromatic carbocycles. The zero-order valence-electron chi connectivity index (χ0n) is 22.4. The first-order valence-corrected chi connectivity index (χ1v) is 14.7. The first kappa shape index (κ1) is 37.0. The van der Waals surface area contributed by atoms with Crippen molar-refractivity contribution in [3.63, 3.8) is 0 Å². The second-order valence-corrected chi connectivity index (χ2v) is 11.6. The van der Waals surface area contributed by atoms with Gasteiger partial charge in [0.25, 0.3) is 0 Å². The largest absolute Gasteiger partial charge is 1.00 e. The van der Waals surface area contributed by atoms with Crippen LogP contribution < -0.4 is 68.6 Å². The molecule has 0 bridgehead atoms. The topological polar surface area (TPSA) is 161 Å². The van der Waals surface area contributed by atoms with Crippen molar-refractivity contribution in [3.8, 4) is 28.4 Å². The monoisotopic (exact) mass is 634 g/mol. The van der Waals surface area contributed by atoms with Gasteiger partial charge in [0.15, 0.2) is 9.84 Å². The Morgan fingerprint density at radius 2 is 1.27 bits per heavy atom. The van der Waals surface area contributed by atoms with Crippen LogP contribution in [-0.4, -0.2) is 41.1 Å². The molecule has 0 aromatic heterocycles. The summed E-state index contributed by atoms with van der Waals surface area (Å²) in [5.74, 6) is 0.611. The smallest absolute Gasteiger partial charge is 0.744 e. The Morgan fingerprint density at radius 1 is 0.756 bits per heavy atom. The molecule has 0 unspecified atom stereocenters. The van der Waals surface area contributed by atoms with E-state index in [2.05, 4.69) is 6.07 Å². The quantitative estimate of drug-likeness (QED) is 0.126. The molecule has 0 heterocycles. The summed E-state index contributed by atoms with van der Waals surface area (Å²) >= 11 is 0. The average Bonchev–Trinajstić information content (AvgIpc) is 2.89. The fourth-order valence-electron chi connectivity index (χ4n) is 3.37. The van der Waals surface area contributed by atoms with Crippen molar-refractivity contribution in [1.29, 1.82) is 0 Å². The number of sulfone groups is 1. The molecule has 0 spiro atoms. The van der Waals surface area contributed by atoms with Gasteiger partial charge in [-0.25, -0.2) is 16.8 Å². The summed E-state index contributed by atoms with van der Waals surface area (Å²) in [4.78, 5) is -1.25. The van der Waals surface area contributed by atoms with E-state index < -0.39 is 35.5 Å². The molecule has 0 saturated carbocycles. The third kappa shape index (κ3) is 10.3. The van der Waals surface area contributed by atoms with Crippen LogP contribution in [0.3, 0.4) is 0 Å². The van der Waals surface area contributed by atoms with Gasteiger partial charge in [-0.15, -0.1) is 24.8 Å². The van der Waals surface area contributed by atoms with Crippen molar-refractivity contribution in [2.24, 2.45) is 0 Å². The van der Waals surface area contributed by atoms with Crippen molar-refractivity contribution >= 4 is 30.6 Å². The Labute approximate surface area is 284 Å². The van der Waals surface area contributed by atoms with Gasteiger partial charge in [-0.3, -0.25) is 0 Å². The Hall–Kier alpha value is -2.04. The van der Waals surface area contributed by atoms with E-state index in [4.69, 9.17) is 22.1 Å². The summed E-state index contributed by atoms with van der Waals surface area (Å²) in [5, 5.41) is 0. The van der Waals surface area contributed by atoms with Crippen molar-refractivity contribution in [1.82, 2.24) is 0 Å². The summed E-state index contributed by atoms with van der Waals surface area (Å²) in [6.45, 7) is 2.03. The molecule has 4 aromatic rings. The number of ether oxygens (including phenoxy) is 2. The molecule has 0 amide bonds. The maximum Gasteiger partial charge on any atom is 1.00 e. The van der Waals surface area contributed by atoms with Gasteiger partial charge >= 0.3 is 69.7 Å². The minimum absolute atomic E-state index is 0. The van der Waals surface area contributed by atoms with E-state index in [1.807, 2.05) is 43.3 Å². The normalized spacial score (nSPS) is 10.6. The van der Waals surface area contributed by atoms with Crippen LogP contribution in [0.2, 0.25) is 0 Å². The minimum atomic E-state index is -4.94. The first-order chi connectivity index (χ1) is 18.3. The van der Waals surface area contributed by atoms with Crippen LogP contribution >= 0.6 is 0 Å². The molecule has 0 aliphatic heterocycles. The summed E-state index contributed by atoms with van der Waals surface area (Å²) in [7, 11) is -11.0. The maximum absolute atomic E-state index is 13.0. The number of aryl methyl sites for hydroxylation is 1. The molecule has 0 fully saturated rings. The molecule has 204 valence electrons. The van der Waals surface area contributed by atoms with E-state index in [9.17, 15) is 21.4 Å². The number of hydrogen-bond acceptors (Lipinski definition) is 10. The van der Waals surface area contributed by atoms with Gasteiger partial charge in [0, 0.05) is 5.75 Å². The molecule has 41 heavy (non-hydrogen) atoms. The van der Waals surface area contributed by atoms with Crippen LogP contribution in [0.4, 0.5) is 0 Å². The molecule has 4 rings (SSSR count). The van der Waals surface area contributed by atoms with E-state index in [0.29, 0.717) is 11.5 Å². The molecule has 0 aliphatic carbocycles. The van der Waals surface area contributed by atoms with E-state index in [-0.39, 0.29) is 74.7 Å². The predicted octanol–water partition coefficient (Wildman–Crippen LogP) is -2.00. The molecular formula is C26H20Na2O10S3. The molecular weight excluding hydrogens is 614 g/mol. The van der Waals surface area contributed by atoms with Crippen LogP contribution in [0.15, 0.2) is 99.6 Å². The second-order valence-electron chi connectivity index (χ2n) is 7.86. The molecule has 0 atom stereocenters. The number of rotatable bonds is 7. The van der Waals surface area contributed by atoms with Gasteiger partial charge in [0.2, 0.25) is 0 Å². The maximum atomic E-state index is 13.0. The van der Waals surface area contributed by atoms with Crippen molar-refractivity contribution in [2.45, 2.75) is 21.6 Å². The first-order valence-electron chi connectivity index (χ1n) is 10.8. The third-order valence-electron chi connectivity index (χ3n) is 5.25. The van der Waals surface area contributed by atoms with Crippen LogP contribution in [-0.2, 0) is 30.6 Å². The fourth-order valence-corrected chi connectivity index (χ4v) is 5.37. The van der Waals surface area contributed by atoms with E-state index >= 15 is 0 Å². The van der Waals surface area contributed by atoms with Gasteiger partial charge in [0.05, 0.1) is 16.9 Å². The van der Waals surface area contributed by atoms with Gasteiger partial charge in [-0.2, -0.15) is 12.1 Å². The van der Waals surface area contributed by atoms with E-state index in [0.717, 1.165) is 23.3 Å². The SMILES string of the molecule is COc1ccc(S(=O)(=O)c2c[c-]c(Oc3ccc(-c4ccc(C)cc4)cc3)cc2)cc1S(=O)(=O)[O-].O=S(=O)=O.[Na+].[Na+]. The Kier molecular flexibility index (Phi) is 14.4. The summed E-state index contributed by atoms with van der Waals surface area (Å²) < 4.78 is 96.4.